The number of hydrogen-bond acceptors (Lipinski definition) is 3. The molecule has 0 spiro atoms. The van der Waals surface area contributed by atoms with Crippen molar-refractivity contribution in [2.75, 3.05) is 13.6 Å². The second-order valence-corrected chi connectivity index (χ2v) is 6.35. The summed E-state index contributed by atoms with van der Waals surface area (Å²) in [5, 5.41) is 10.2. The highest BCUT2D eigenvalue weighted by molar-refractivity contribution is 5.86. The average Bonchev–Trinajstić information content (AvgIpc) is 2.45. The molecular weight excluding hydrogens is 276 g/mol. The van der Waals surface area contributed by atoms with Gasteiger partial charge in [0, 0.05) is 37.0 Å². The van der Waals surface area contributed by atoms with Crippen molar-refractivity contribution < 1.29 is 9.90 Å². The van der Waals surface area contributed by atoms with Crippen molar-refractivity contribution in [2.24, 2.45) is 0 Å². The Labute approximate surface area is 130 Å². The van der Waals surface area contributed by atoms with Crippen molar-refractivity contribution in [3.05, 3.63) is 40.1 Å². The smallest absolute Gasteiger partial charge is 0.303 e. The first-order chi connectivity index (χ1) is 10.5. The number of nitrogens with zero attached hydrogens (tertiary/aromatic N) is 2. The maximum atomic E-state index is 11.0. The second kappa shape index (κ2) is 5.69. The van der Waals surface area contributed by atoms with Crippen LogP contribution < -0.4 is 0 Å². The predicted molar refractivity (Wildman–Crippen MR) is 87.2 cm³/mol. The third kappa shape index (κ3) is 2.71. The Morgan fingerprint density at radius 3 is 2.77 bits per heavy atom. The summed E-state index contributed by atoms with van der Waals surface area (Å²) in [6.45, 7) is 6.07. The van der Waals surface area contributed by atoms with Gasteiger partial charge < -0.3 is 10.0 Å². The number of rotatable bonds is 3. The number of aromatic nitrogens is 1. The fourth-order valence-corrected chi connectivity index (χ4v) is 3.24. The van der Waals surface area contributed by atoms with E-state index in [0.29, 0.717) is 6.42 Å². The van der Waals surface area contributed by atoms with Crippen molar-refractivity contribution in [1.29, 1.82) is 0 Å². The van der Waals surface area contributed by atoms with Crippen molar-refractivity contribution in [3.63, 3.8) is 0 Å². The van der Waals surface area contributed by atoms with E-state index in [1.807, 2.05) is 0 Å². The molecule has 0 amide bonds. The molecule has 4 nitrogen and oxygen atoms in total. The highest BCUT2D eigenvalue weighted by atomic mass is 16.4. The molecular formula is C18H22N2O2. The summed E-state index contributed by atoms with van der Waals surface area (Å²) in [6.07, 6.45) is 1.68. The van der Waals surface area contributed by atoms with E-state index in [0.717, 1.165) is 36.1 Å². The number of benzene rings is 1. The number of carboxylic acids is 1. The van der Waals surface area contributed by atoms with Crippen LogP contribution in [-0.2, 0) is 24.2 Å². The molecule has 1 N–H and O–H groups in total. The molecule has 22 heavy (non-hydrogen) atoms. The quantitative estimate of drug-likeness (QED) is 0.946. The van der Waals surface area contributed by atoms with Gasteiger partial charge in [-0.3, -0.25) is 9.78 Å². The lowest BCUT2D eigenvalue weighted by Gasteiger charge is -2.27. The van der Waals surface area contributed by atoms with Gasteiger partial charge in [0.05, 0.1) is 5.52 Å². The van der Waals surface area contributed by atoms with Crippen LogP contribution in [0.3, 0.4) is 0 Å². The molecule has 1 aliphatic rings. The van der Waals surface area contributed by atoms with Gasteiger partial charge in [0.25, 0.3) is 0 Å². The Bertz CT molecular complexity index is 753. The molecule has 3 rings (SSSR count). The molecule has 0 aliphatic carbocycles. The molecule has 0 saturated carbocycles. The van der Waals surface area contributed by atoms with Crippen molar-refractivity contribution in [1.82, 2.24) is 9.88 Å². The van der Waals surface area contributed by atoms with Gasteiger partial charge in [0.15, 0.2) is 0 Å². The second-order valence-electron chi connectivity index (χ2n) is 6.35. The normalized spacial score (nSPS) is 15.0. The highest BCUT2D eigenvalue weighted by Gasteiger charge is 2.21. The Kier molecular flexibility index (Phi) is 3.87. The summed E-state index contributed by atoms with van der Waals surface area (Å²) in [5.74, 6) is -0.744. The Morgan fingerprint density at radius 2 is 2.05 bits per heavy atom. The van der Waals surface area contributed by atoms with Crippen LogP contribution in [0.5, 0.6) is 0 Å². The average molecular weight is 298 g/mol. The lowest BCUT2D eigenvalue weighted by atomic mass is 9.91. The van der Waals surface area contributed by atoms with Crippen molar-refractivity contribution in [2.45, 2.75) is 39.7 Å². The zero-order valence-corrected chi connectivity index (χ0v) is 13.4. The summed E-state index contributed by atoms with van der Waals surface area (Å²) in [5.41, 5.74) is 7.04. The zero-order chi connectivity index (χ0) is 15.9. The first kappa shape index (κ1) is 15.0. The Balaban J connectivity index is 2.22. The molecule has 1 aliphatic heterocycles. The first-order valence-electron chi connectivity index (χ1n) is 7.77. The number of carbonyl (C=O) groups is 1. The van der Waals surface area contributed by atoms with E-state index in [2.05, 4.69) is 37.9 Å². The SMILES string of the molecule is Cc1cc2nc3c(c(CCC(=O)O)c2cc1C)CN(C)CC3. The number of aliphatic carboxylic acids is 1. The molecule has 0 radical (unpaired) electrons. The van der Waals surface area contributed by atoms with E-state index in [-0.39, 0.29) is 6.42 Å². The van der Waals surface area contributed by atoms with Gasteiger partial charge in [-0.2, -0.15) is 0 Å². The van der Waals surface area contributed by atoms with Crippen LogP contribution in [0.1, 0.15) is 34.4 Å². The van der Waals surface area contributed by atoms with Crippen LogP contribution in [-0.4, -0.2) is 34.6 Å². The molecule has 0 atom stereocenters. The fraction of sp³-hybridized carbons (Fsp3) is 0.444. The number of aryl methyl sites for hydroxylation is 3. The van der Waals surface area contributed by atoms with Gasteiger partial charge in [0.1, 0.15) is 0 Å². The number of pyridine rings is 1. The van der Waals surface area contributed by atoms with Crippen LogP contribution in [0.15, 0.2) is 12.1 Å². The number of fused-ring (bicyclic) bond motifs is 2. The summed E-state index contributed by atoms with van der Waals surface area (Å²) < 4.78 is 0. The summed E-state index contributed by atoms with van der Waals surface area (Å²) in [6, 6.07) is 4.30. The molecule has 4 heteroatoms. The minimum absolute atomic E-state index is 0.169. The molecule has 1 aromatic carbocycles. The number of hydrogen-bond donors (Lipinski definition) is 1. The van der Waals surface area contributed by atoms with E-state index in [9.17, 15) is 4.79 Å². The van der Waals surface area contributed by atoms with Crippen LogP contribution in [0.2, 0.25) is 0 Å². The summed E-state index contributed by atoms with van der Waals surface area (Å²) in [4.78, 5) is 18.2. The Hall–Kier alpha value is -1.94. The van der Waals surface area contributed by atoms with Crippen LogP contribution in [0.25, 0.3) is 10.9 Å². The largest absolute Gasteiger partial charge is 0.481 e. The number of carboxylic acid groups (broad SMARTS) is 1. The van der Waals surface area contributed by atoms with Gasteiger partial charge in [-0.05, 0) is 61.7 Å². The molecule has 2 aromatic rings. The van der Waals surface area contributed by atoms with Gasteiger partial charge in [-0.1, -0.05) is 0 Å². The van der Waals surface area contributed by atoms with Crippen molar-refractivity contribution in [3.8, 4) is 0 Å². The van der Waals surface area contributed by atoms with E-state index in [1.165, 1.54) is 22.3 Å². The molecule has 0 bridgehead atoms. The predicted octanol–water partition coefficient (Wildman–Crippen LogP) is 2.86. The lowest BCUT2D eigenvalue weighted by molar-refractivity contribution is -0.136. The van der Waals surface area contributed by atoms with Crippen LogP contribution in [0.4, 0.5) is 0 Å². The third-order valence-corrected chi connectivity index (χ3v) is 4.65. The maximum absolute atomic E-state index is 11.0. The van der Waals surface area contributed by atoms with E-state index < -0.39 is 5.97 Å². The van der Waals surface area contributed by atoms with Crippen LogP contribution >= 0.6 is 0 Å². The Morgan fingerprint density at radius 1 is 1.32 bits per heavy atom. The monoisotopic (exact) mass is 298 g/mol. The van der Waals surface area contributed by atoms with E-state index in [1.54, 1.807) is 0 Å². The maximum Gasteiger partial charge on any atom is 0.303 e. The van der Waals surface area contributed by atoms with E-state index in [4.69, 9.17) is 10.1 Å². The first-order valence-corrected chi connectivity index (χ1v) is 7.77. The molecule has 0 unspecified atom stereocenters. The van der Waals surface area contributed by atoms with E-state index >= 15 is 0 Å². The standard InChI is InChI=1S/C18H22N2O2/c1-11-8-14-13(4-5-18(21)22)15-10-20(3)7-6-16(15)19-17(14)9-12(11)2/h8-9H,4-7,10H2,1-3H3,(H,21,22). The van der Waals surface area contributed by atoms with Crippen molar-refractivity contribution >= 4 is 16.9 Å². The molecule has 0 saturated heterocycles. The minimum Gasteiger partial charge on any atom is -0.481 e. The molecule has 2 heterocycles. The fourth-order valence-electron chi connectivity index (χ4n) is 3.24. The topological polar surface area (TPSA) is 53.4 Å². The summed E-state index contributed by atoms with van der Waals surface area (Å²) >= 11 is 0. The molecule has 116 valence electrons. The van der Waals surface area contributed by atoms with Crippen LogP contribution in [0, 0.1) is 13.8 Å². The highest BCUT2D eigenvalue weighted by Crippen LogP contribution is 2.30. The van der Waals surface area contributed by atoms with Gasteiger partial charge in [-0.25, -0.2) is 0 Å². The number of likely N-dealkylation sites (N-methyl/N-ethyl adjacent to an activating group) is 1. The zero-order valence-electron chi connectivity index (χ0n) is 13.4. The lowest BCUT2D eigenvalue weighted by Crippen LogP contribution is -2.28. The van der Waals surface area contributed by atoms with Gasteiger partial charge >= 0.3 is 5.97 Å². The molecule has 0 fully saturated rings. The summed E-state index contributed by atoms with van der Waals surface area (Å²) in [7, 11) is 2.11. The molecule has 1 aromatic heterocycles. The van der Waals surface area contributed by atoms with Gasteiger partial charge in [0.2, 0.25) is 0 Å². The van der Waals surface area contributed by atoms with Gasteiger partial charge in [-0.15, -0.1) is 0 Å². The third-order valence-electron chi connectivity index (χ3n) is 4.65. The minimum atomic E-state index is -0.744.